The zero-order chi connectivity index (χ0) is 6.10. The number of nitrogens with one attached hydrogen (secondary N) is 1. The fraction of sp³-hybridized carbons (Fsp3) is 0.429. The molecule has 0 aliphatic carbocycles. The first-order chi connectivity index (χ1) is 4.47. The Hall–Kier alpha value is -0.340. The van der Waals surface area contributed by atoms with Crippen LogP contribution in [0.5, 0.6) is 0 Å². The van der Waals surface area contributed by atoms with Crippen LogP contribution in [0.15, 0.2) is 16.8 Å². The molecule has 1 nitrogen and oxygen atoms in total. The van der Waals surface area contributed by atoms with Crippen molar-refractivity contribution in [1.29, 1.82) is 0 Å². The van der Waals surface area contributed by atoms with E-state index in [1.165, 1.54) is 18.5 Å². The smallest absolute Gasteiger partial charge is 0.0340 e. The Morgan fingerprint density at radius 1 is 1.67 bits per heavy atom. The summed E-state index contributed by atoms with van der Waals surface area (Å²) in [5, 5.41) is 7.71. The van der Waals surface area contributed by atoms with Crippen molar-refractivity contribution < 1.29 is 0 Å². The minimum Gasteiger partial charge on any atom is -0.310 e. The molecule has 1 fully saturated rings. The van der Waals surface area contributed by atoms with Gasteiger partial charge in [0.2, 0.25) is 0 Å². The largest absolute Gasteiger partial charge is 0.310 e. The second kappa shape index (κ2) is 2.12. The summed E-state index contributed by atoms with van der Waals surface area (Å²) in [5.41, 5.74) is 1.46. The molecule has 0 aromatic carbocycles. The van der Waals surface area contributed by atoms with Gasteiger partial charge in [-0.2, -0.15) is 11.3 Å². The number of hydrogen-bond acceptors (Lipinski definition) is 2. The average Bonchev–Trinajstić information content (AvgIpc) is 2.11. The van der Waals surface area contributed by atoms with Gasteiger partial charge in [-0.3, -0.25) is 0 Å². The van der Waals surface area contributed by atoms with Crippen LogP contribution in [-0.4, -0.2) is 6.54 Å². The van der Waals surface area contributed by atoms with Gasteiger partial charge in [-0.25, -0.2) is 0 Å². The SMILES string of the molecule is c1cc([C@H]2CCN2)cs1. The molecule has 0 spiro atoms. The Kier molecular flexibility index (Phi) is 1.28. The summed E-state index contributed by atoms with van der Waals surface area (Å²) in [6.45, 7) is 1.19. The van der Waals surface area contributed by atoms with Crippen LogP contribution < -0.4 is 5.32 Å². The van der Waals surface area contributed by atoms with E-state index in [0.717, 1.165) is 0 Å². The molecule has 2 heteroatoms. The molecule has 1 aromatic rings. The van der Waals surface area contributed by atoms with Gasteiger partial charge in [-0.05, 0) is 35.4 Å². The van der Waals surface area contributed by atoms with E-state index in [-0.39, 0.29) is 0 Å². The van der Waals surface area contributed by atoms with Gasteiger partial charge in [-0.1, -0.05) is 0 Å². The first-order valence-electron chi connectivity index (χ1n) is 3.22. The summed E-state index contributed by atoms with van der Waals surface area (Å²) < 4.78 is 0. The summed E-state index contributed by atoms with van der Waals surface area (Å²) in [4.78, 5) is 0. The van der Waals surface area contributed by atoms with Crippen molar-refractivity contribution >= 4 is 11.3 Å². The average molecular weight is 139 g/mol. The topological polar surface area (TPSA) is 12.0 Å². The first kappa shape index (κ1) is 5.45. The van der Waals surface area contributed by atoms with Gasteiger partial charge in [0.25, 0.3) is 0 Å². The summed E-state index contributed by atoms with van der Waals surface area (Å²) >= 11 is 1.78. The Morgan fingerprint density at radius 2 is 2.56 bits per heavy atom. The molecule has 0 bridgehead atoms. The Morgan fingerprint density at radius 3 is 3.00 bits per heavy atom. The van der Waals surface area contributed by atoms with Crippen molar-refractivity contribution in [2.24, 2.45) is 0 Å². The van der Waals surface area contributed by atoms with Gasteiger partial charge in [-0.15, -0.1) is 0 Å². The maximum absolute atomic E-state index is 3.35. The molecular formula is C7H9NS. The van der Waals surface area contributed by atoms with Gasteiger partial charge in [0.05, 0.1) is 0 Å². The fourth-order valence-corrected chi connectivity index (χ4v) is 1.76. The predicted octanol–water partition coefficient (Wildman–Crippen LogP) is 1.78. The van der Waals surface area contributed by atoms with E-state index in [0.29, 0.717) is 6.04 Å². The molecule has 1 aromatic heterocycles. The van der Waals surface area contributed by atoms with Crippen molar-refractivity contribution in [3.63, 3.8) is 0 Å². The molecular weight excluding hydrogens is 130 g/mol. The first-order valence-corrected chi connectivity index (χ1v) is 4.16. The molecule has 0 radical (unpaired) electrons. The van der Waals surface area contributed by atoms with Crippen molar-refractivity contribution in [2.45, 2.75) is 12.5 Å². The second-order valence-electron chi connectivity index (χ2n) is 2.35. The molecule has 0 unspecified atom stereocenters. The minimum absolute atomic E-state index is 0.677. The minimum atomic E-state index is 0.677. The molecule has 9 heavy (non-hydrogen) atoms. The van der Waals surface area contributed by atoms with E-state index in [9.17, 15) is 0 Å². The molecule has 0 saturated carbocycles. The Balaban J connectivity index is 2.14. The summed E-state index contributed by atoms with van der Waals surface area (Å²) in [6.07, 6.45) is 1.32. The normalized spacial score (nSPS) is 25.6. The van der Waals surface area contributed by atoms with Gasteiger partial charge in [0.1, 0.15) is 0 Å². The quantitative estimate of drug-likeness (QED) is 0.625. The van der Waals surface area contributed by atoms with Crippen LogP contribution in [0, 0.1) is 0 Å². The lowest BCUT2D eigenvalue weighted by Crippen LogP contribution is -2.34. The van der Waals surface area contributed by atoms with Gasteiger partial charge < -0.3 is 5.32 Å². The molecule has 1 aliphatic rings. The van der Waals surface area contributed by atoms with Crippen LogP contribution in [0.2, 0.25) is 0 Å². The number of rotatable bonds is 1. The van der Waals surface area contributed by atoms with Gasteiger partial charge in [0.15, 0.2) is 0 Å². The molecule has 1 aliphatic heterocycles. The number of hydrogen-bond donors (Lipinski definition) is 1. The summed E-state index contributed by atoms with van der Waals surface area (Å²) in [6, 6.07) is 2.87. The molecule has 0 amide bonds. The maximum Gasteiger partial charge on any atom is 0.0340 e. The van der Waals surface area contributed by atoms with Gasteiger partial charge >= 0.3 is 0 Å². The third kappa shape index (κ3) is 0.884. The van der Waals surface area contributed by atoms with E-state index in [4.69, 9.17) is 0 Å². The molecule has 1 atom stereocenters. The predicted molar refractivity (Wildman–Crippen MR) is 39.7 cm³/mol. The van der Waals surface area contributed by atoms with Crippen LogP contribution in [-0.2, 0) is 0 Å². The lowest BCUT2D eigenvalue weighted by atomic mass is 10.0. The van der Waals surface area contributed by atoms with E-state index in [1.807, 2.05) is 0 Å². The Labute approximate surface area is 58.7 Å². The van der Waals surface area contributed by atoms with Crippen LogP contribution in [0.1, 0.15) is 18.0 Å². The van der Waals surface area contributed by atoms with E-state index >= 15 is 0 Å². The lowest BCUT2D eigenvalue weighted by molar-refractivity contribution is 0.384. The third-order valence-corrected chi connectivity index (χ3v) is 2.47. The van der Waals surface area contributed by atoms with E-state index < -0.39 is 0 Å². The highest BCUT2D eigenvalue weighted by atomic mass is 32.1. The van der Waals surface area contributed by atoms with Crippen LogP contribution in [0.25, 0.3) is 0 Å². The zero-order valence-electron chi connectivity index (χ0n) is 5.13. The highest BCUT2D eigenvalue weighted by Crippen LogP contribution is 2.23. The molecule has 2 rings (SSSR count). The highest BCUT2D eigenvalue weighted by molar-refractivity contribution is 7.07. The van der Waals surface area contributed by atoms with Crippen LogP contribution in [0.4, 0.5) is 0 Å². The summed E-state index contributed by atoms with van der Waals surface area (Å²) in [7, 11) is 0. The zero-order valence-corrected chi connectivity index (χ0v) is 5.95. The molecule has 2 heterocycles. The highest BCUT2D eigenvalue weighted by Gasteiger charge is 2.17. The maximum atomic E-state index is 3.35. The van der Waals surface area contributed by atoms with Crippen molar-refractivity contribution in [1.82, 2.24) is 5.32 Å². The van der Waals surface area contributed by atoms with Crippen LogP contribution in [0.3, 0.4) is 0 Å². The molecule has 1 N–H and O–H groups in total. The van der Waals surface area contributed by atoms with Crippen molar-refractivity contribution in [3.8, 4) is 0 Å². The van der Waals surface area contributed by atoms with Crippen molar-refractivity contribution in [3.05, 3.63) is 22.4 Å². The van der Waals surface area contributed by atoms with E-state index in [1.54, 1.807) is 11.3 Å². The summed E-state index contributed by atoms with van der Waals surface area (Å²) in [5.74, 6) is 0. The second-order valence-corrected chi connectivity index (χ2v) is 3.13. The van der Waals surface area contributed by atoms with Crippen LogP contribution >= 0.6 is 11.3 Å². The molecule has 1 saturated heterocycles. The Bertz CT molecular complexity index is 177. The monoisotopic (exact) mass is 139 g/mol. The van der Waals surface area contributed by atoms with E-state index in [2.05, 4.69) is 22.1 Å². The molecule has 48 valence electrons. The van der Waals surface area contributed by atoms with Crippen molar-refractivity contribution in [2.75, 3.05) is 6.54 Å². The standard InChI is InChI=1S/C7H9NS/c1-3-8-7(1)6-2-4-9-5-6/h2,4-5,7-8H,1,3H2/t7-/m1/s1. The lowest BCUT2D eigenvalue weighted by Gasteiger charge is -2.26. The number of thiophene rings is 1. The van der Waals surface area contributed by atoms with Gasteiger partial charge in [0, 0.05) is 6.04 Å². The third-order valence-electron chi connectivity index (χ3n) is 1.77. The fourth-order valence-electron chi connectivity index (χ4n) is 1.05.